The molecule has 2 aliphatic rings. The van der Waals surface area contributed by atoms with Crippen LogP contribution in [0.2, 0.25) is 0 Å². The van der Waals surface area contributed by atoms with Crippen LogP contribution >= 0.6 is 0 Å². The monoisotopic (exact) mass is 398 g/mol. The van der Waals surface area contributed by atoms with Crippen molar-refractivity contribution < 1.29 is 14.4 Å². The highest BCUT2D eigenvalue weighted by Crippen LogP contribution is 2.29. The van der Waals surface area contributed by atoms with Gasteiger partial charge < -0.3 is 10.2 Å². The minimum absolute atomic E-state index is 0.0925. The average molecular weight is 399 g/mol. The van der Waals surface area contributed by atoms with Crippen molar-refractivity contribution >= 4 is 18.1 Å². The van der Waals surface area contributed by atoms with Crippen molar-refractivity contribution in [1.29, 1.82) is 0 Å². The Balaban J connectivity index is 1.74. The molecule has 1 heterocycles. The summed E-state index contributed by atoms with van der Waals surface area (Å²) in [5, 5.41) is 3.08. The van der Waals surface area contributed by atoms with Crippen LogP contribution in [0.25, 0.3) is 0 Å². The fraction of sp³-hybridized carbons (Fsp3) is 0.625. The highest BCUT2D eigenvalue weighted by atomic mass is 16.2. The van der Waals surface area contributed by atoms with E-state index in [1.165, 1.54) is 6.42 Å². The molecule has 1 saturated carbocycles. The van der Waals surface area contributed by atoms with Gasteiger partial charge in [-0.15, -0.1) is 0 Å². The van der Waals surface area contributed by atoms with Gasteiger partial charge in [0, 0.05) is 30.5 Å². The van der Waals surface area contributed by atoms with E-state index in [4.69, 9.17) is 0 Å². The van der Waals surface area contributed by atoms with Gasteiger partial charge in [0.25, 0.3) is 5.91 Å². The number of carbonyl (C=O) groups excluding carboxylic acids is 3. The Labute approximate surface area is 174 Å². The van der Waals surface area contributed by atoms with Crippen molar-refractivity contribution in [1.82, 2.24) is 10.2 Å². The second-order valence-electron chi connectivity index (χ2n) is 8.97. The molecule has 0 spiro atoms. The fourth-order valence-electron chi connectivity index (χ4n) is 4.78. The Morgan fingerprint density at radius 3 is 2.55 bits per heavy atom. The molecular formula is C24H34N2O3. The van der Waals surface area contributed by atoms with Crippen LogP contribution in [-0.4, -0.2) is 42.1 Å². The molecule has 2 unspecified atom stereocenters. The molecule has 1 aromatic carbocycles. The first-order chi connectivity index (χ1) is 14.0. The van der Waals surface area contributed by atoms with Crippen LogP contribution in [-0.2, 0) is 9.59 Å². The van der Waals surface area contributed by atoms with Gasteiger partial charge in [0.2, 0.25) is 6.41 Å². The van der Waals surface area contributed by atoms with E-state index in [-0.39, 0.29) is 29.4 Å². The number of likely N-dealkylation sites (tertiary alicyclic amines) is 1. The van der Waals surface area contributed by atoms with Gasteiger partial charge in [-0.05, 0) is 49.3 Å². The van der Waals surface area contributed by atoms with Crippen LogP contribution in [0.3, 0.4) is 0 Å². The predicted molar refractivity (Wildman–Crippen MR) is 114 cm³/mol. The molecule has 1 aliphatic heterocycles. The number of hydrogen-bond donors (Lipinski definition) is 1. The summed E-state index contributed by atoms with van der Waals surface area (Å²) in [7, 11) is 0. The summed E-state index contributed by atoms with van der Waals surface area (Å²) < 4.78 is 0. The molecule has 0 aromatic heterocycles. The number of piperidine rings is 1. The summed E-state index contributed by atoms with van der Waals surface area (Å²) in [5.74, 6) is 0.373. The molecular weight excluding hydrogens is 364 g/mol. The van der Waals surface area contributed by atoms with E-state index in [0.717, 1.165) is 57.0 Å². The summed E-state index contributed by atoms with van der Waals surface area (Å²) in [6.07, 6.45) is 8.40. The summed E-state index contributed by atoms with van der Waals surface area (Å²) in [6.45, 7) is 5.32. The van der Waals surface area contributed by atoms with Gasteiger partial charge in [0.05, 0.1) is 6.04 Å². The molecule has 0 radical (unpaired) electrons. The molecule has 1 N–H and O–H groups in total. The third-order valence-corrected chi connectivity index (χ3v) is 6.51. The lowest BCUT2D eigenvalue weighted by Gasteiger charge is -2.31. The number of nitrogens with one attached hydrogen (secondary N) is 1. The van der Waals surface area contributed by atoms with E-state index in [2.05, 4.69) is 5.32 Å². The number of rotatable bonds is 7. The van der Waals surface area contributed by atoms with Crippen molar-refractivity contribution in [2.45, 2.75) is 70.8 Å². The first-order valence-electron chi connectivity index (χ1n) is 11.1. The maximum absolute atomic E-state index is 13.1. The average Bonchev–Trinajstić information content (AvgIpc) is 2.77. The molecule has 29 heavy (non-hydrogen) atoms. The second kappa shape index (κ2) is 10.0. The number of benzene rings is 1. The summed E-state index contributed by atoms with van der Waals surface area (Å²) in [5.41, 5.74) is 1.69. The van der Waals surface area contributed by atoms with Gasteiger partial charge in [-0.1, -0.05) is 45.2 Å². The first kappa shape index (κ1) is 21.5. The zero-order chi connectivity index (χ0) is 20.8. The Morgan fingerprint density at radius 1 is 1.10 bits per heavy atom. The van der Waals surface area contributed by atoms with E-state index < -0.39 is 6.04 Å². The minimum atomic E-state index is -0.397. The molecule has 1 aromatic rings. The minimum Gasteiger partial charge on any atom is -0.345 e. The molecule has 5 nitrogen and oxygen atoms in total. The molecule has 3 rings (SSSR count). The lowest BCUT2D eigenvalue weighted by molar-refractivity contribution is -0.125. The van der Waals surface area contributed by atoms with Gasteiger partial charge in [-0.2, -0.15) is 0 Å². The van der Waals surface area contributed by atoms with E-state index in [9.17, 15) is 14.4 Å². The van der Waals surface area contributed by atoms with E-state index in [1.54, 1.807) is 4.90 Å². The van der Waals surface area contributed by atoms with E-state index in [0.29, 0.717) is 12.1 Å². The van der Waals surface area contributed by atoms with Crippen molar-refractivity contribution in [3.63, 3.8) is 0 Å². The predicted octanol–water partition coefficient (Wildman–Crippen LogP) is 3.93. The van der Waals surface area contributed by atoms with Crippen molar-refractivity contribution in [3.8, 4) is 0 Å². The van der Waals surface area contributed by atoms with Crippen molar-refractivity contribution in [2.24, 2.45) is 11.8 Å². The number of ketones is 1. The van der Waals surface area contributed by atoms with Crippen molar-refractivity contribution in [2.75, 3.05) is 13.1 Å². The van der Waals surface area contributed by atoms with Gasteiger partial charge in [-0.25, -0.2) is 0 Å². The highest BCUT2D eigenvalue weighted by molar-refractivity contribution is 5.98. The number of amides is 2. The SMILES string of the molecule is CC(C)C(=O)C(NC(=O)c1cccc(C2CCCN(C=O)C2)c1)C1CCCCC1. The highest BCUT2D eigenvalue weighted by Gasteiger charge is 2.32. The third kappa shape index (κ3) is 5.46. The molecule has 1 saturated heterocycles. The molecule has 2 fully saturated rings. The lowest BCUT2D eigenvalue weighted by Crippen LogP contribution is -2.48. The summed E-state index contributed by atoms with van der Waals surface area (Å²) in [4.78, 5) is 38.8. The Morgan fingerprint density at radius 2 is 1.86 bits per heavy atom. The Hall–Kier alpha value is -2.17. The van der Waals surface area contributed by atoms with Crippen LogP contribution in [0.5, 0.6) is 0 Å². The topological polar surface area (TPSA) is 66.5 Å². The van der Waals surface area contributed by atoms with Crippen LogP contribution in [0.15, 0.2) is 24.3 Å². The second-order valence-corrected chi connectivity index (χ2v) is 8.97. The molecule has 2 amide bonds. The lowest BCUT2D eigenvalue weighted by atomic mass is 9.80. The Bertz CT molecular complexity index is 725. The Kier molecular flexibility index (Phi) is 7.45. The van der Waals surface area contributed by atoms with Gasteiger partial charge in [-0.3, -0.25) is 14.4 Å². The standard InChI is InChI=1S/C24H34N2O3/c1-17(2)23(28)22(18-8-4-3-5-9-18)25-24(29)20-11-6-10-19(14-20)21-12-7-13-26(15-21)16-27/h6,10-11,14,16-18,21-22H,3-5,7-9,12-13,15H2,1-2H3,(H,25,29). The quantitative estimate of drug-likeness (QED) is 0.708. The summed E-state index contributed by atoms with van der Waals surface area (Å²) in [6, 6.07) is 7.30. The third-order valence-electron chi connectivity index (χ3n) is 6.51. The fourth-order valence-corrected chi connectivity index (χ4v) is 4.78. The largest absolute Gasteiger partial charge is 0.345 e. The van der Waals surface area contributed by atoms with E-state index in [1.807, 2.05) is 38.1 Å². The van der Waals surface area contributed by atoms with E-state index >= 15 is 0 Å². The number of Topliss-reactive ketones (excluding diaryl/α,β-unsaturated/α-hetero) is 1. The van der Waals surface area contributed by atoms with Crippen LogP contribution in [0.1, 0.15) is 80.6 Å². The number of carbonyl (C=O) groups is 3. The normalized spacial score (nSPS) is 21.6. The zero-order valence-corrected chi connectivity index (χ0v) is 17.7. The first-order valence-corrected chi connectivity index (χ1v) is 11.1. The number of hydrogen-bond acceptors (Lipinski definition) is 3. The maximum Gasteiger partial charge on any atom is 0.251 e. The zero-order valence-electron chi connectivity index (χ0n) is 17.7. The van der Waals surface area contributed by atoms with Gasteiger partial charge in [0.1, 0.15) is 0 Å². The molecule has 158 valence electrons. The molecule has 5 heteroatoms. The van der Waals surface area contributed by atoms with Crippen LogP contribution < -0.4 is 5.32 Å². The molecule has 0 bridgehead atoms. The number of nitrogens with zero attached hydrogens (tertiary/aromatic N) is 1. The van der Waals surface area contributed by atoms with Crippen LogP contribution in [0.4, 0.5) is 0 Å². The molecule has 1 aliphatic carbocycles. The van der Waals surface area contributed by atoms with Crippen LogP contribution in [0, 0.1) is 11.8 Å². The van der Waals surface area contributed by atoms with Gasteiger partial charge in [0.15, 0.2) is 5.78 Å². The maximum atomic E-state index is 13.1. The van der Waals surface area contributed by atoms with Gasteiger partial charge >= 0.3 is 0 Å². The molecule has 2 atom stereocenters. The summed E-state index contributed by atoms with van der Waals surface area (Å²) >= 11 is 0. The smallest absolute Gasteiger partial charge is 0.251 e. The van der Waals surface area contributed by atoms with Crippen molar-refractivity contribution in [3.05, 3.63) is 35.4 Å².